The minimum Gasteiger partial charge on any atom is -0.295 e. The maximum atomic E-state index is 12.4. The van der Waals surface area contributed by atoms with E-state index in [1.54, 1.807) is 18.2 Å². The summed E-state index contributed by atoms with van der Waals surface area (Å²) in [7, 11) is -3.45. The summed E-state index contributed by atoms with van der Waals surface area (Å²) in [5.41, 5.74) is 0.434. The lowest BCUT2D eigenvalue weighted by Crippen LogP contribution is -2.28. The van der Waals surface area contributed by atoms with Crippen molar-refractivity contribution in [2.75, 3.05) is 13.1 Å². The van der Waals surface area contributed by atoms with Crippen LogP contribution in [-0.2, 0) is 10.0 Å². The molecule has 0 spiro atoms. The van der Waals surface area contributed by atoms with Crippen LogP contribution in [-0.4, -0.2) is 31.6 Å². The molecular weight excluding hydrogens is 250 g/mol. The normalized spacial score (nSPS) is 21.1. The number of nitrogens with zero attached hydrogens (tertiary/aromatic N) is 1. The van der Waals surface area contributed by atoms with Crippen molar-refractivity contribution in [1.82, 2.24) is 4.31 Å². The van der Waals surface area contributed by atoms with Gasteiger partial charge in [0.1, 0.15) is 0 Å². The Labute approximate surface area is 108 Å². The van der Waals surface area contributed by atoms with Crippen LogP contribution in [0.4, 0.5) is 0 Å². The number of carbonyl (C=O) groups excluding carboxylic acids is 1. The Balaban J connectivity index is 2.35. The molecule has 1 saturated heterocycles. The van der Waals surface area contributed by atoms with Gasteiger partial charge < -0.3 is 0 Å². The zero-order valence-corrected chi connectivity index (χ0v) is 11.4. The molecule has 4 nitrogen and oxygen atoms in total. The topological polar surface area (TPSA) is 54.5 Å². The van der Waals surface area contributed by atoms with E-state index in [-0.39, 0.29) is 10.7 Å². The summed E-state index contributed by atoms with van der Waals surface area (Å²) in [6.07, 6.45) is 0.894. The van der Waals surface area contributed by atoms with Gasteiger partial charge in [0.15, 0.2) is 5.78 Å². The molecule has 1 aromatic rings. The first-order chi connectivity index (χ1) is 8.41. The summed E-state index contributed by atoms with van der Waals surface area (Å²) in [4.78, 5) is 11.5. The third-order valence-electron chi connectivity index (χ3n) is 3.26. The molecule has 0 aliphatic carbocycles. The van der Waals surface area contributed by atoms with Gasteiger partial charge in [-0.15, -0.1) is 0 Å². The van der Waals surface area contributed by atoms with Crippen LogP contribution in [0.2, 0.25) is 0 Å². The second-order valence-corrected chi connectivity index (χ2v) is 6.78. The lowest BCUT2D eigenvalue weighted by molar-refractivity contribution is 0.101. The smallest absolute Gasteiger partial charge is 0.243 e. The molecule has 98 valence electrons. The molecule has 0 aromatic heterocycles. The fourth-order valence-electron chi connectivity index (χ4n) is 2.14. The molecule has 0 radical (unpaired) electrons. The monoisotopic (exact) mass is 267 g/mol. The van der Waals surface area contributed by atoms with Gasteiger partial charge >= 0.3 is 0 Å². The molecule has 0 amide bonds. The van der Waals surface area contributed by atoms with Gasteiger partial charge in [0.25, 0.3) is 0 Å². The zero-order valence-electron chi connectivity index (χ0n) is 10.6. The highest BCUT2D eigenvalue weighted by atomic mass is 32.2. The second kappa shape index (κ2) is 4.82. The van der Waals surface area contributed by atoms with Crippen molar-refractivity contribution in [3.05, 3.63) is 29.8 Å². The van der Waals surface area contributed by atoms with Crippen molar-refractivity contribution >= 4 is 15.8 Å². The standard InChI is InChI=1S/C13H17NO3S/c1-10-6-7-14(9-10)18(16,17)13-5-3-4-12(8-13)11(2)15/h3-5,8,10H,6-7,9H2,1-2H3. The predicted molar refractivity (Wildman–Crippen MR) is 69.0 cm³/mol. The van der Waals surface area contributed by atoms with Gasteiger partial charge in [-0.2, -0.15) is 4.31 Å². The molecule has 1 unspecified atom stereocenters. The first-order valence-electron chi connectivity index (χ1n) is 6.02. The maximum absolute atomic E-state index is 12.4. The van der Waals surface area contributed by atoms with Crippen LogP contribution < -0.4 is 0 Å². The third kappa shape index (κ3) is 2.47. The van der Waals surface area contributed by atoms with E-state index in [2.05, 4.69) is 0 Å². The van der Waals surface area contributed by atoms with Crippen molar-refractivity contribution in [3.63, 3.8) is 0 Å². The average molecular weight is 267 g/mol. The molecule has 1 atom stereocenters. The molecule has 0 bridgehead atoms. The van der Waals surface area contributed by atoms with Gasteiger partial charge in [-0.3, -0.25) is 4.79 Å². The Morgan fingerprint density at radius 3 is 2.67 bits per heavy atom. The minimum absolute atomic E-state index is 0.123. The van der Waals surface area contributed by atoms with E-state index >= 15 is 0 Å². The van der Waals surface area contributed by atoms with E-state index in [1.807, 2.05) is 6.92 Å². The predicted octanol–water partition coefficient (Wildman–Crippen LogP) is 1.92. The number of Topliss-reactive ketones (excluding diaryl/α,β-unsaturated/α-hetero) is 1. The first-order valence-corrected chi connectivity index (χ1v) is 7.46. The van der Waals surface area contributed by atoms with Gasteiger partial charge in [-0.1, -0.05) is 19.1 Å². The largest absolute Gasteiger partial charge is 0.295 e. The van der Waals surface area contributed by atoms with Crippen molar-refractivity contribution in [2.45, 2.75) is 25.2 Å². The van der Waals surface area contributed by atoms with Gasteiger partial charge in [0, 0.05) is 18.7 Å². The Kier molecular flexibility index (Phi) is 3.54. The third-order valence-corrected chi connectivity index (χ3v) is 5.13. The van der Waals surface area contributed by atoms with Crippen molar-refractivity contribution in [1.29, 1.82) is 0 Å². The summed E-state index contributed by atoms with van der Waals surface area (Å²) in [6.45, 7) is 4.60. The van der Waals surface area contributed by atoms with Crippen LogP contribution in [0.1, 0.15) is 30.6 Å². The molecule has 18 heavy (non-hydrogen) atoms. The van der Waals surface area contributed by atoms with Crippen LogP contribution in [0.5, 0.6) is 0 Å². The molecule has 1 fully saturated rings. The Hall–Kier alpha value is -1.20. The molecule has 1 aromatic carbocycles. The molecular formula is C13H17NO3S. The van der Waals surface area contributed by atoms with E-state index in [0.717, 1.165) is 6.42 Å². The number of benzene rings is 1. The van der Waals surface area contributed by atoms with Crippen LogP contribution in [0.25, 0.3) is 0 Å². The quantitative estimate of drug-likeness (QED) is 0.786. The van der Waals surface area contributed by atoms with Crippen molar-refractivity contribution in [2.24, 2.45) is 5.92 Å². The molecule has 0 N–H and O–H groups in total. The van der Waals surface area contributed by atoms with Gasteiger partial charge in [0.2, 0.25) is 10.0 Å². The highest BCUT2D eigenvalue weighted by Crippen LogP contribution is 2.24. The van der Waals surface area contributed by atoms with E-state index in [4.69, 9.17) is 0 Å². The van der Waals surface area contributed by atoms with Crippen LogP contribution in [0.3, 0.4) is 0 Å². The SMILES string of the molecule is CC(=O)c1cccc(S(=O)(=O)N2CCC(C)C2)c1. The van der Waals surface area contributed by atoms with Gasteiger partial charge in [-0.05, 0) is 31.4 Å². The van der Waals surface area contributed by atoms with Gasteiger partial charge in [0.05, 0.1) is 4.90 Å². The number of rotatable bonds is 3. The number of hydrogen-bond acceptors (Lipinski definition) is 3. The van der Waals surface area contributed by atoms with Crippen molar-refractivity contribution < 1.29 is 13.2 Å². The number of ketones is 1. The van der Waals surface area contributed by atoms with Crippen molar-refractivity contribution in [3.8, 4) is 0 Å². The zero-order chi connectivity index (χ0) is 13.3. The van der Waals surface area contributed by atoms with Crippen LogP contribution >= 0.6 is 0 Å². The van der Waals surface area contributed by atoms with E-state index in [0.29, 0.717) is 24.6 Å². The lowest BCUT2D eigenvalue weighted by atomic mass is 10.2. The number of hydrogen-bond donors (Lipinski definition) is 0. The summed E-state index contributed by atoms with van der Waals surface area (Å²) < 4.78 is 26.2. The van der Waals surface area contributed by atoms with E-state index in [1.165, 1.54) is 17.3 Å². The number of carbonyl (C=O) groups is 1. The van der Waals surface area contributed by atoms with E-state index < -0.39 is 10.0 Å². The van der Waals surface area contributed by atoms with Crippen LogP contribution in [0.15, 0.2) is 29.2 Å². The fraction of sp³-hybridized carbons (Fsp3) is 0.462. The van der Waals surface area contributed by atoms with Gasteiger partial charge in [-0.25, -0.2) is 8.42 Å². The summed E-state index contributed by atoms with van der Waals surface area (Å²) in [5.74, 6) is 0.276. The summed E-state index contributed by atoms with van der Waals surface area (Å²) in [6, 6.07) is 6.25. The molecule has 0 saturated carbocycles. The van der Waals surface area contributed by atoms with Crippen LogP contribution in [0, 0.1) is 5.92 Å². The molecule has 1 aliphatic rings. The number of sulfonamides is 1. The maximum Gasteiger partial charge on any atom is 0.243 e. The molecule has 5 heteroatoms. The fourth-order valence-corrected chi connectivity index (χ4v) is 3.76. The summed E-state index contributed by atoms with van der Waals surface area (Å²) in [5, 5.41) is 0. The Morgan fingerprint density at radius 1 is 1.39 bits per heavy atom. The molecule has 2 rings (SSSR count). The van der Waals surface area contributed by atoms with E-state index in [9.17, 15) is 13.2 Å². The second-order valence-electron chi connectivity index (χ2n) is 4.84. The first kappa shape index (κ1) is 13.2. The highest BCUT2D eigenvalue weighted by Gasteiger charge is 2.30. The molecule has 1 heterocycles. The molecule has 1 aliphatic heterocycles. The highest BCUT2D eigenvalue weighted by molar-refractivity contribution is 7.89. The lowest BCUT2D eigenvalue weighted by Gasteiger charge is -2.16. The minimum atomic E-state index is -3.45. The Morgan fingerprint density at radius 2 is 2.11 bits per heavy atom. The average Bonchev–Trinajstić information content (AvgIpc) is 2.77. The summed E-state index contributed by atoms with van der Waals surface area (Å²) >= 11 is 0. The Bertz CT molecular complexity index is 565.